The van der Waals surface area contributed by atoms with Crippen molar-refractivity contribution in [2.24, 2.45) is 7.05 Å². The number of benzene rings is 1. The second-order valence-electron chi connectivity index (χ2n) is 6.52. The molecule has 7 heteroatoms. The molecule has 0 aliphatic rings. The highest BCUT2D eigenvalue weighted by atomic mass is 19.1. The van der Waals surface area contributed by atoms with Gasteiger partial charge in [0, 0.05) is 56.1 Å². The molecular weight excluding hydrogens is 359 g/mol. The number of ketones is 1. The molecule has 3 rings (SSSR count). The number of halogens is 1. The fraction of sp³-hybridized carbons (Fsp3) is 0.238. The van der Waals surface area contributed by atoms with Crippen LogP contribution in [0.1, 0.15) is 29.4 Å². The Bertz CT molecular complexity index is 1010. The molecule has 0 atom stereocenters. The van der Waals surface area contributed by atoms with Crippen molar-refractivity contribution >= 4 is 17.4 Å². The average molecular weight is 380 g/mol. The minimum absolute atomic E-state index is 0.0923. The van der Waals surface area contributed by atoms with E-state index in [-0.39, 0.29) is 18.1 Å². The summed E-state index contributed by atoms with van der Waals surface area (Å²) in [6.07, 6.45) is 5.46. The van der Waals surface area contributed by atoms with Crippen molar-refractivity contribution in [3.05, 3.63) is 66.0 Å². The Labute approximate surface area is 162 Å². The van der Waals surface area contributed by atoms with Gasteiger partial charge >= 0.3 is 0 Å². The van der Waals surface area contributed by atoms with Gasteiger partial charge in [-0.15, -0.1) is 0 Å². The van der Waals surface area contributed by atoms with Crippen molar-refractivity contribution in [3.63, 3.8) is 0 Å². The van der Waals surface area contributed by atoms with Gasteiger partial charge in [-0.2, -0.15) is 5.10 Å². The van der Waals surface area contributed by atoms with Crippen LogP contribution in [0.25, 0.3) is 11.1 Å². The number of rotatable bonds is 6. The van der Waals surface area contributed by atoms with Crippen molar-refractivity contribution in [3.8, 4) is 11.1 Å². The highest BCUT2D eigenvalue weighted by Gasteiger charge is 2.14. The first kappa shape index (κ1) is 19.4. The van der Waals surface area contributed by atoms with Gasteiger partial charge in [0.2, 0.25) is 5.91 Å². The molecule has 1 amide bonds. The lowest BCUT2D eigenvalue weighted by atomic mass is 10.0. The third kappa shape index (κ3) is 4.14. The third-order valence-corrected chi connectivity index (χ3v) is 4.50. The van der Waals surface area contributed by atoms with E-state index in [1.54, 1.807) is 62.4 Å². The van der Waals surface area contributed by atoms with Gasteiger partial charge in [0.25, 0.3) is 0 Å². The Morgan fingerprint density at radius 3 is 2.54 bits per heavy atom. The Morgan fingerprint density at radius 1 is 1.18 bits per heavy atom. The topological polar surface area (TPSA) is 68.1 Å². The summed E-state index contributed by atoms with van der Waals surface area (Å²) in [5, 5.41) is 4.04. The van der Waals surface area contributed by atoms with Crippen LogP contribution in [0.5, 0.6) is 0 Å². The zero-order valence-corrected chi connectivity index (χ0v) is 16.0. The van der Waals surface area contributed by atoms with Gasteiger partial charge in [-0.1, -0.05) is 13.0 Å². The second kappa shape index (κ2) is 8.12. The maximum absolute atomic E-state index is 14.6. The highest BCUT2D eigenvalue weighted by molar-refractivity contribution is 5.96. The number of aryl methyl sites for hydroxylation is 1. The number of hydrogen-bond acceptors (Lipinski definition) is 4. The third-order valence-electron chi connectivity index (χ3n) is 4.50. The van der Waals surface area contributed by atoms with E-state index in [9.17, 15) is 14.0 Å². The van der Waals surface area contributed by atoms with Crippen LogP contribution in [0.15, 0.2) is 48.9 Å². The lowest BCUT2D eigenvalue weighted by molar-refractivity contribution is -0.118. The molecule has 144 valence electrons. The lowest BCUT2D eigenvalue weighted by Crippen LogP contribution is -2.25. The monoisotopic (exact) mass is 380 g/mol. The zero-order valence-electron chi connectivity index (χ0n) is 16.0. The van der Waals surface area contributed by atoms with Crippen molar-refractivity contribution < 1.29 is 14.0 Å². The zero-order chi connectivity index (χ0) is 20.3. The number of anilines is 1. The fourth-order valence-corrected chi connectivity index (χ4v) is 2.89. The predicted octanol–water partition coefficient (Wildman–Crippen LogP) is 3.42. The Morgan fingerprint density at radius 2 is 1.96 bits per heavy atom. The summed E-state index contributed by atoms with van der Waals surface area (Å²) in [6.45, 7) is 1.76. The van der Waals surface area contributed by atoms with Crippen molar-refractivity contribution in [1.82, 2.24) is 14.8 Å². The van der Waals surface area contributed by atoms with E-state index in [0.29, 0.717) is 28.9 Å². The normalized spacial score (nSPS) is 10.7. The molecule has 2 aromatic heterocycles. The van der Waals surface area contributed by atoms with Gasteiger partial charge in [-0.25, -0.2) is 4.39 Å². The minimum Gasteiger partial charge on any atom is -0.315 e. The first-order valence-corrected chi connectivity index (χ1v) is 8.92. The van der Waals surface area contributed by atoms with Crippen molar-refractivity contribution in [1.29, 1.82) is 0 Å². The van der Waals surface area contributed by atoms with Gasteiger partial charge in [0.1, 0.15) is 11.5 Å². The molecule has 0 fully saturated rings. The Balaban J connectivity index is 1.77. The van der Waals surface area contributed by atoms with Crippen LogP contribution < -0.4 is 4.90 Å². The summed E-state index contributed by atoms with van der Waals surface area (Å²) < 4.78 is 16.2. The lowest BCUT2D eigenvalue weighted by Gasteiger charge is -2.17. The molecule has 0 N–H and O–H groups in total. The Hall–Kier alpha value is -3.35. The smallest absolute Gasteiger partial charge is 0.226 e. The molecule has 0 saturated carbocycles. The summed E-state index contributed by atoms with van der Waals surface area (Å²) in [7, 11) is 3.40. The number of Topliss-reactive ketones (excluding diaryl/α,β-unsaturated/α-hetero) is 1. The molecule has 0 unspecified atom stereocenters. The Kier molecular flexibility index (Phi) is 5.63. The van der Waals surface area contributed by atoms with E-state index in [1.807, 2.05) is 0 Å². The number of carbonyl (C=O) groups excluding carboxylic acids is 2. The van der Waals surface area contributed by atoms with E-state index >= 15 is 0 Å². The summed E-state index contributed by atoms with van der Waals surface area (Å²) in [4.78, 5) is 29.7. The number of hydrogen-bond donors (Lipinski definition) is 0. The maximum atomic E-state index is 14.6. The quantitative estimate of drug-likeness (QED) is 0.615. The molecule has 3 aromatic rings. The number of nitrogens with zero attached hydrogens (tertiary/aromatic N) is 4. The molecule has 0 spiro atoms. The van der Waals surface area contributed by atoms with E-state index in [1.165, 1.54) is 17.2 Å². The van der Waals surface area contributed by atoms with Crippen LogP contribution >= 0.6 is 0 Å². The van der Waals surface area contributed by atoms with Crippen LogP contribution in [0.4, 0.5) is 10.1 Å². The average Bonchev–Trinajstić information content (AvgIpc) is 3.11. The minimum atomic E-state index is -0.454. The summed E-state index contributed by atoms with van der Waals surface area (Å²) in [5.41, 5.74) is 2.54. The molecule has 0 saturated heterocycles. The molecule has 6 nitrogen and oxygen atoms in total. The standard InChI is InChI=1S/C21H21FN4O2/c1-4-21(28)26(3)16-6-7-17(18(22)10-16)15-5-8-19(23-12-15)20(27)9-14-11-24-25(2)13-14/h5-8,10-13H,4,9H2,1-3H3. The van der Waals surface area contributed by atoms with E-state index in [2.05, 4.69) is 10.1 Å². The number of aromatic nitrogens is 3. The van der Waals surface area contributed by atoms with Crippen molar-refractivity contribution in [2.45, 2.75) is 19.8 Å². The van der Waals surface area contributed by atoms with Gasteiger partial charge in [-0.05, 0) is 29.8 Å². The van der Waals surface area contributed by atoms with Crippen LogP contribution in [-0.2, 0) is 18.3 Å². The molecule has 0 bridgehead atoms. The van der Waals surface area contributed by atoms with Crippen LogP contribution in [-0.4, -0.2) is 33.5 Å². The van der Waals surface area contributed by atoms with E-state index in [4.69, 9.17) is 0 Å². The molecule has 1 aromatic carbocycles. The van der Waals surface area contributed by atoms with Gasteiger partial charge in [-0.3, -0.25) is 19.3 Å². The summed E-state index contributed by atoms with van der Waals surface area (Å²) in [5.74, 6) is -0.676. The van der Waals surface area contributed by atoms with Crippen LogP contribution in [0.3, 0.4) is 0 Å². The molecule has 28 heavy (non-hydrogen) atoms. The molecule has 2 heterocycles. The van der Waals surface area contributed by atoms with Gasteiger partial charge in [0.15, 0.2) is 5.78 Å². The second-order valence-corrected chi connectivity index (χ2v) is 6.52. The number of amides is 1. The van der Waals surface area contributed by atoms with Crippen LogP contribution in [0.2, 0.25) is 0 Å². The van der Waals surface area contributed by atoms with Gasteiger partial charge in [0.05, 0.1) is 6.20 Å². The number of pyridine rings is 1. The SMILES string of the molecule is CCC(=O)N(C)c1ccc(-c2ccc(C(=O)Cc3cnn(C)c3)nc2)c(F)c1. The highest BCUT2D eigenvalue weighted by Crippen LogP contribution is 2.26. The molecule has 0 radical (unpaired) electrons. The van der Waals surface area contributed by atoms with Crippen molar-refractivity contribution in [2.75, 3.05) is 11.9 Å². The maximum Gasteiger partial charge on any atom is 0.226 e. The molecular formula is C21H21FN4O2. The summed E-state index contributed by atoms with van der Waals surface area (Å²) in [6, 6.07) is 7.88. The van der Waals surface area contributed by atoms with E-state index < -0.39 is 5.82 Å². The fourth-order valence-electron chi connectivity index (χ4n) is 2.89. The first-order valence-electron chi connectivity index (χ1n) is 8.92. The number of carbonyl (C=O) groups is 2. The molecule has 0 aliphatic carbocycles. The molecule has 0 aliphatic heterocycles. The van der Waals surface area contributed by atoms with Gasteiger partial charge < -0.3 is 4.90 Å². The largest absolute Gasteiger partial charge is 0.315 e. The predicted molar refractivity (Wildman–Crippen MR) is 105 cm³/mol. The summed E-state index contributed by atoms with van der Waals surface area (Å²) >= 11 is 0. The van der Waals surface area contributed by atoms with E-state index in [0.717, 1.165) is 5.56 Å². The van der Waals surface area contributed by atoms with Crippen LogP contribution in [0, 0.1) is 5.82 Å². The first-order chi connectivity index (χ1) is 13.4.